The second-order valence-corrected chi connectivity index (χ2v) is 5.24. The van der Waals surface area contributed by atoms with Crippen molar-refractivity contribution in [2.45, 2.75) is 13.3 Å². The maximum absolute atomic E-state index is 13.2. The summed E-state index contributed by atoms with van der Waals surface area (Å²) < 4.78 is 14.9. The van der Waals surface area contributed by atoms with Crippen LogP contribution in [-0.2, 0) is 6.42 Å². The van der Waals surface area contributed by atoms with E-state index in [0.717, 1.165) is 0 Å². The van der Waals surface area contributed by atoms with E-state index >= 15 is 0 Å². The second kappa shape index (κ2) is 5.77. The lowest BCUT2D eigenvalue weighted by molar-refractivity contribution is 0.102. The molecule has 0 aliphatic carbocycles. The molecule has 4 nitrogen and oxygen atoms in total. The Morgan fingerprint density at radius 3 is 2.91 bits per heavy atom. The van der Waals surface area contributed by atoms with Gasteiger partial charge in [-0.1, -0.05) is 24.6 Å². The van der Waals surface area contributed by atoms with Crippen molar-refractivity contribution in [2.75, 3.05) is 5.32 Å². The van der Waals surface area contributed by atoms with Crippen LogP contribution in [0, 0.1) is 5.82 Å². The average molecular weight is 318 g/mol. The SMILES string of the molecule is CCc1nc2ccc(Cl)cn2c1C(=O)Nc1cccc(F)c1. The molecular formula is C16H13ClFN3O. The molecule has 0 atom stereocenters. The van der Waals surface area contributed by atoms with E-state index in [1.807, 2.05) is 6.92 Å². The predicted octanol–water partition coefficient (Wildman–Crippen LogP) is 3.94. The lowest BCUT2D eigenvalue weighted by atomic mass is 10.2. The Bertz CT molecular complexity index is 860. The zero-order valence-corrected chi connectivity index (χ0v) is 12.6. The molecule has 0 radical (unpaired) electrons. The summed E-state index contributed by atoms with van der Waals surface area (Å²) >= 11 is 6.00. The van der Waals surface area contributed by atoms with Crippen molar-refractivity contribution < 1.29 is 9.18 Å². The number of fused-ring (bicyclic) bond motifs is 1. The number of amides is 1. The van der Waals surface area contributed by atoms with E-state index in [-0.39, 0.29) is 5.91 Å². The highest BCUT2D eigenvalue weighted by Gasteiger charge is 2.18. The molecule has 3 aromatic rings. The topological polar surface area (TPSA) is 46.4 Å². The Morgan fingerprint density at radius 1 is 1.36 bits per heavy atom. The molecule has 1 amide bonds. The van der Waals surface area contributed by atoms with Gasteiger partial charge in [-0.25, -0.2) is 9.37 Å². The summed E-state index contributed by atoms with van der Waals surface area (Å²) in [6.07, 6.45) is 2.24. The third-order valence-electron chi connectivity index (χ3n) is 3.29. The maximum atomic E-state index is 13.2. The first kappa shape index (κ1) is 14.5. The van der Waals surface area contributed by atoms with Gasteiger partial charge in [-0.3, -0.25) is 9.20 Å². The average Bonchev–Trinajstić information content (AvgIpc) is 2.85. The number of rotatable bonds is 3. The highest BCUT2D eigenvalue weighted by molar-refractivity contribution is 6.30. The summed E-state index contributed by atoms with van der Waals surface area (Å²) in [6, 6.07) is 9.22. The van der Waals surface area contributed by atoms with Crippen LogP contribution < -0.4 is 5.32 Å². The number of anilines is 1. The molecule has 0 aliphatic heterocycles. The molecule has 3 rings (SSSR count). The molecule has 2 aromatic heterocycles. The zero-order valence-electron chi connectivity index (χ0n) is 11.8. The quantitative estimate of drug-likeness (QED) is 0.795. The number of nitrogens with zero attached hydrogens (tertiary/aromatic N) is 2. The summed E-state index contributed by atoms with van der Waals surface area (Å²) in [5.41, 5.74) is 2.11. The van der Waals surface area contributed by atoms with Crippen LogP contribution in [0.25, 0.3) is 5.65 Å². The molecule has 0 spiro atoms. The first-order chi connectivity index (χ1) is 10.6. The predicted molar refractivity (Wildman–Crippen MR) is 83.9 cm³/mol. The molecule has 112 valence electrons. The van der Waals surface area contributed by atoms with E-state index in [4.69, 9.17) is 11.6 Å². The van der Waals surface area contributed by atoms with Gasteiger partial charge in [-0.05, 0) is 36.8 Å². The van der Waals surface area contributed by atoms with Gasteiger partial charge in [0.25, 0.3) is 5.91 Å². The van der Waals surface area contributed by atoms with E-state index in [2.05, 4.69) is 10.3 Å². The molecule has 0 saturated heterocycles. The van der Waals surface area contributed by atoms with Crippen LogP contribution in [0.4, 0.5) is 10.1 Å². The van der Waals surface area contributed by atoms with Crippen LogP contribution in [0.2, 0.25) is 5.02 Å². The number of carbonyl (C=O) groups excluding carboxylic acids is 1. The third kappa shape index (κ3) is 2.67. The monoisotopic (exact) mass is 317 g/mol. The minimum absolute atomic E-state index is 0.350. The molecule has 2 heterocycles. The number of hydrogen-bond acceptors (Lipinski definition) is 2. The van der Waals surface area contributed by atoms with Crippen molar-refractivity contribution in [3.05, 3.63) is 64.8 Å². The van der Waals surface area contributed by atoms with Gasteiger partial charge in [-0.15, -0.1) is 0 Å². The summed E-state index contributed by atoms with van der Waals surface area (Å²) in [6.45, 7) is 1.92. The van der Waals surface area contributed by atoms with Crippen molar-refractivity contribution in [1.82, 2.24) is 9.38 Å². The van der Waals surface area contributed by atoms with E-state index < -0.39 is 5.82 Å². The van der Waals surface area contributed by atoms with Crippen LogP contribution in [0.3, 0.4) is 0 Å². The minimum atomic E-state index is -0.408. The summed E-state index contributed by atoms with van der Waals surface area (Å²) in [5, 5.41) is 3.20. The van der Waals surface area contributed by atoms with Crippen LogP contribution in [-0.4, -0.2) is 15.3 Å². The number of aryl methyl sites for hydroxylation is 1. The van der Waals surface area contributed by atoms with Crippen LogP contribution in [0.5, 0.6) is 0 Å². The van der Waals surface area contributed by atoms with Crippen molar-refractivity contribution in [2.24, 2.45) is 0 Å². The molecule has 1 aromatic carbocycles. The van der Waals surface area contributed by atoms with Gasteiger partial charge in [0.1, 0.15) is 17.2 Å². The third-order valence-corrected chi connectivity index (χ3v) is 3.51. The normalized spacial score (nSPS) is 10.9. The van der Waals surface area contributed by atoms with Crippen LogP contribution in [0.15, 0.2) is 42.6 Å². The Kier molecular flexibility index (Phi) is 3.81. The Morgan fingerprint density at radius 2 is 2.18 bits per heavy atom. The van der Waals surface area contributed by atoms with E-state index in [0.29, 0.717) is 34.2 Å². The van der Waals surface area contributed by atoms with Crippen molar-refractivity contribution in [3.8, 4) is 0 Å². The fourth-order valence-corrected chi connectivity index (χ4v) is 2.47. The molecule has 1 N–H and O–H groups in total. The number of hydrogen-bond donors (Lipinski definition) is 1. The van der Waals surface area contributed by atoms with E-state index in [1.165, 1.54) is 18.2 Å². The van der Waals surface area contributed by atoms with Crippen molar-refractivity contribution in [1.29, 1.82) is 0 Å². The van der Waals surface area contributed by atoms with Gasteiger partial charge in [0.05, 0.1) is 10.7 Å². The summed E-state index contributed by atoms with van der Waals surface area (Å²) in [5.74, 6) is -0.757. The van der Waals surface area contributed by atoms with Crippen LogP contribution in [0.1, 0.15) is 23.1 Å². The molecule has 0 aliphatic rings. The Labute approximate surface area is 131 Å². The molecule has 0 unspecified atom stereocenters. The number of carbonyl (C=O) groups is 1. The highest BCUT2D eigenvalue weighted by Crippen LogP contribution is 2.19. The molecule has 0 saturated carbocycles. The van der Waals surface area contributed by atoms with Gasteiger partial charge in [0, 0.05) is 11.9 Å². The largest absolute Gasteiger partial charge is 0.321 e. The fraction of sp³-hybridized carbons (Fsp3) is 0.125. The fourth-order valence-electron chi connectivity index (χ4n) is 2.31. The van der Waals surface area contributed by atoms with Crippen molar-refractivity contribution in [3.63, 3.8) is 0 Å². The summed E-state index contributed by atoms with van der Waals surface area (Å²) in [7, 11) is 0. The summed E-state index contributed by atoms with van der Waals surface area (Å²) in [4.78, 5) is 17.0. The number of nitrogens with one attached hydrogen (secondary N) is 1. The van der Waals surface area contributed by atoms with E-state index in [9.17, 15) is 9.18 Å². The van der Waals surface area contributed by atoms with Gasteiger partial charge >= 0.3 is 0 Å². The number of pyridine rings is 1. The smallest absolute Gasteiger partial charge is 0.274 e. The van der Waals surface area contributed by atoms with Gasteiger partial charge in [-0.2, -0.15) is 0 Å². The number of imidazole rings is 1. The molecule has 6 heteroatoms. The number of aromatic nitrogens is 2. The molecular weight excluding hydrogens is 305 g/mol. The second-order valence-electron chi connectivity index (χ2n) is 4.80. The van der Waals surface area contributed by atoms with Gasteiger partial charge in [0.15, 0.2) is 0 Å². The minimum Gasteiger partial charge on any atom is -0.321 e. The first-order valence-electron chi connectivity index (χ1n) is 6.82. The van der Waals surface area contributed by atoms with Gasteiger partial charge in [0.2, 0.25) is 0 Å². The zero-order chi connectivity index (χ0) is 15.7. The standard InChI is InChI=1S/C16H13ClFN3O/c1-2-13-15(21-9-10(17)6-7-14(21)20-13)16(22)19-12-5-3-4-11(18)8-12/h3-9H,2H2,1H3,(H,19,22). The molecule has 0 bridgehead atoms. The number of halogens is 2. The first-order valence-corrected chi connectivity index (χ1v) is 7.19. The lowest BCUT2D eigenvalue weighted by Crippen LogP contribution is -2.16. The maximum Gasteiger partial charge on any atom is 0.274 e. The number of benzene rings is 1. The van der Waals surface area contributed by atoms with E-state index in [1.54, 1.807) is 28.8 Å². The Balaban J connectivity index is 2.04. The van der Waals surface area contributed by atoms with Gasteiger partial charge < -0.3 is 5.32 Å². The van der Waals surface area contributed by atoms with Crippen molar-refractivity contribution >= 4 is 28.8 Å². The Hall–Kier alpha value is -2.40. The van der Waals surface area contributed by atoms with Crippen LogP contribution >= 0.6 is 11.6 Å². The molecule has 22 heavy (non-hydrogen) atoms. The highest BCUT2D eigenvalue weighted by atomic mass is 35.5. The lowest BCUT2D eigenvalue weighted by Gasteiger charge is -2.07. The molecule has 0 fully saturated rings.